The van der Waals surface area contributed by atoms with Crippen LogP contribution in [0.4, 0.5) is 0 Å². The number of aromatic hydroxyl groups is 1. The summed E-state index contributed by atoms with van der Waals surface area (Å²) in [6.07, 6.45) is -14.1. The Morgan fingerprint density at radius 3 is 2.11 bits per heavy atom. The molecule has 2 aliphatic heterocycles. The minimum absolute atomic E-state index is 0.0916. The lowest BCUT2D eigenvalue weighted by Crippen LogP contribution is -2.61. The van der Waals surface area contributed by atoms with E-state index < -0.39 is 79.2 Å². The van der Waals surface area contributed by atoms with Crippen LogP contribution in [0.25, 0.3) is 22.1 Å². The number of benzene rings is 2. The van der Waals surface area contributed by atoms with Crippen LogP contribution < -0.4 is 24.4 Å². The molecule has 0 amide bonds. The first-order valence-electron chi connectivity index (χ1n) is 14.2. The fourth-order valence-electron chi connectivity index (χ4n) is 5.33. The van der Waals surface area contributed by atoms with E-state index >= 15 is 0 Å². The summed E-state index contributed by atoms with van der Waals surface area (Å²) >= 11 is 0. The van der Waals surface area contributed by atoms with Crippen molar-refractivity contribution in [2.24, 2.45) is 0 Å². The molecule has 0 spiro atoms. The Bertz CT molecular complexity index is 1590. The van der Waals surface area contributed by atoms with Gasteiger partial charge in [0.25, 0.3) is 0 Å². The second kappa shape index (κ2) is 13.6. The van der Waals surface area contributed by atoms with Gasteiger partial charge in [0.05, 0.1) is 39.6 Å². The first kappa shape index (κ1) is 33.6. The highest BCUT2D eigenvalue weighted by atomic mass is 16.7. The lowest BCUT2D eigenvalue weighted by atomic mass is 9.98. The van der Waals surface area contributed by atoms with E-state index in [0.717, 1.165) is 0 Å². The fourth-order valence-corrected chi connectivity index (χ4v) is 5.33. The molecule has 16 nitrogen and oxygen atoms in total. The monoisotopic (exact) mass is 652 g/mol. The molecule has 2 aliphatic rings. The third-order valence-electron chi connectivity index (χ3n) is 8.00. The fraction of sp³-hybridized carbons (Fsp3) is 0.500. The summed E-state index contributed by atoms with van der Waals surface area (Å²) in [6.45, 7) is 0.938. The van der Waals surface area contributed by atoms with Gasteiger partial charge in [-0.1, -0.05) is 6.07 Å². The van der Waals surface area contributed by atoms with Gasteiger partial charge in [0.1, 0.15) is 60.0 Å². The van der Waals surface area contributed by atoms with Gasteiger partial charge < -0.3 is 73.3 Å². The van der Waals surface area contributed by atoms with Crippen LogP contribution >= 0.6 is 0 Å². The molecule has 0 aliphatic carbocycles. The van der Waals surface area contributed by atoms with Crippen molar-refractivity contribution < 1.29 is 73.3 Å². The standard InChI is InChI=1S/C30H36O16/c1-11-20(31)24(35)26(37)29(44-11)43-10-18-22(33)25(36)27(38)30(46-18)45-17-8-16-19(23(34)28(17)41-4)21(32)13(9-42-16)12-5-6-14(39-2)15(7-12)40-3/h5-9,11,18,20,22,24-27,29-31,33-38H,10H2,1-4H3/t11-,18+,20-,22+,24+,25-,26+,27+,29+,30+/m0/s1. The van der Waals surface area contributed by atoms with Gasteiger partial charge in [-0.2, -0.15) is 0 Å². The quantitative estimate of drug-likeness (QED) is 0.150. The summed E-state index contributed by atoms with van der Waals surface area (Å²) in [6, 6.07) is 6.00. The van der Waals surface area contributed by atoms with Crippen molar-refractivity contribution in [3.05, 3.63) is 40.8 Å². The molecule has 252 valence electrons. The molecule has 2 fully saturated rings. The molecule has 0 radical (unpaired) electrons. The van der Waals surface area contributed by atoms with E-state index in [1.165, 1.54) is 40.6 Å². The summed E-state index contributed by atoms with van der Waals surface area (Å²) in [5.74, 6) is -0.419. The predicted octanol–water partition coefficient (Wildman–Crippen LogP) is -0.778. The van der Waals surface area contributed by atoms with Gasteiger partial charge in [-0.05, 0) is 24.6 Å². The number of rotatable bonds is 9. The minimum Gasteiger partial charge on any atom is -0.504 e. The second-order valence-corrected chi connectivity index (χ2v) is 10.8. The Labute approximate surface area is 261 Å². The maximum atomic E-state index is 13.5. The van der Waals surface area contributed by atoms with Crippen LogP contribution in [0.15, 0.2) is 39.7 Å². The third kappa shape index (κ3) is 6.06. The summed E-state index contributed by atoms with van der Waals surface area (Å²) in [5, 5.41) is 72.8. The molecular weight excluding hydrogens is 616 g/mol. The second-order valence-electron chi connectivity index (χ2n) is 10.8. The molecule has 0 unspecified atom stereocenters. The number of hydrogen-bond acceptors (Lipinski definition) is 16. The molecule has 16 heteroatoms. The minimum atomic E-state index is -1.82. The SMILES string of the molecule is COc1ccc(-c2coc3cc(O[C@@H]4O[C@H](CO[C@@H]5O[C@@H](C)[C@H](O)[C@@H](O)[C@H]5O)[C@@H](O)[C@H](O)[C@H]4O)c(OC)c(O)c3c2=O)cc1OC. The summed E-state index contributed by atoms with van der Waals surface area (Å²) in [5.41, 5.74) is -0.224. The van der Waals surface area contributed by atoms with Crippen LogP contribution in [-0.2, 0) is 14.2 Å². The molecule has 46 heavy (non-hydrogen) atoms. The Balaban J connectivity index is 1.41. The first-order valence-corrected chi connectivity index (χ1v) is 14.2. The van der Waals surface area contributed by atoms with E-state index in [4.69, 9.17) is 37.6 Å². The highest BCUT2D eigenvalue weighted by molar-refractivity contribution is 5.91. The molecule has 1 aromatic heterocycles. The van der Waals surface area contributed by atoms with E-state index in [1.54, 1.807) is 18.2 Å². The van der Waals surface area contributed by atoms with Crippen molar-refractivity contribution in [1.82, 2.24) is 0 Å². The van der Waals surface area contributed by atoms with Crippen LogP contribution in [0.3, 0.4) is 0 Å². The van der Waals surface area contributed by atoms with Crippen LogP contribution in [-0.4, -0.2) is 125 Å². The zero-order valence-corrected chi connectivity index (χ0v) is 25.2. The van der Waals surface area contributed by atoms with Crippen LogP contribution in [0.1, 0.15) is 6.92 Å². The number of fused-ring (bicyclic) bond motifs is 1. The molecule has 2 aromatic carbocycles. The largest absolute Gasteiger partial charge is 0.504 e. The highest BCUT2D eigenvalue weighted by Crippen LogP contribution is 2.43. The number of methoxy groups -OCH3 is 3. The average molecular weight is 653 g/mol. The summed E-state index contributed by atoms with van der Waals surface area (Å²) in [4.78, 5) is 13.5. The summed E-state index contributed by atoms with van der Waals surface area (Å²) in [7, 11) is 4.11. The van der Waals surface area contributed by atoms with Crippen molar-refractivity contribution in [1.29, 1.82) is 0 Å². The number of aliphatic hydroxyl groups is 6. The van der Waals surface area contributed by atoms with Gasteiger partial charge in [-0.3, -0.25) is 4.79 Å². The highest BCUT2D eigenvalue weighted by Gasteiger charge is 2.47. The van der Waals surface area contributed by atoms with E-state index in [9.17, 15) is 40.5 Å². The number of aliphatic hydroxyl groups excluding tert-OH is 6. The molecule has 2 saturated heterocycles. The maximum Gasteiger partial charge on any atom is 0.229 e. The first-order chi connectivity index (χ1) is 21.9. The van der Waals surface area contributed by atoms with Gasteiger partial charge in [-0.15, -0.1) is 0 Å². The van der Waals surface area contributed by atoms with Gasteiger partial charge in [0.2, 0.25) is 17.5 Å². The van der Waals surface area contributed by atoms with Crippen molar-refractivity contribution in [2.75, 3.05) is 27.9 Å². The number of phenolic OH excluding ortho intramolecular Hbond substituents is 1. The molecule has 3 aromatic rings. The molecule has 5 rings (SSSR count). The Hall–Kier alpha value is -3.71. The lowest BCUT2D eigenvalue weighted by molar-refractivity contribution is -0.318. The van der Waals surface area contributed by atoms with Crippen LogP contribution in [0.2, 0.25) is 0 Å². The molecule has 7 N–H and O–H groups in total. The van der Waals surface area contributed by atoms with E-state index in [1.807, 2.05) is 0 Å². The number of phenols is 1. The Morgan fingerprint density at radius 2 is 1.43 bits per heavy atom. The molecule has 3 heterocycles. The van der Waals surface area contributed by atoms with Crippen LogP contribution in [0.5, 0.6) is 28.7 Å². The van der Waals surface area contributed by atoms with Crippen molar-refractivity contribution in [2.45, 2.75) is 68.3 Å². The topological polar surface area (TPSA) is 236 Å². The van der Waals surface area contributed by atoms with E-state index in [-0.39, 0.29) is 28.0 Å². The van der Waals surface area contributed by atoms with Gasteiger partial charge in [0, 0.05) is 6.07 Å². The number of ether oxygens (including phenoxy) is 7. The molecule has 0 bridgehead atoms. The van der Waals surface area contributed by atoms with Gasteiger partial charge in [0.15, 0.2) is 29.3 Å². The average Bonchev–Trinajstić information content (AvgIpc) is 3.05. The third-order valence-corrected chi connectivity index (χ3v) is 8.00. The zero-order chi connectivity index (χ0) is 33.4. The van der Waals surface area contributed by atoms with Crippen molar-refractivity contribution in [3.8, 4) is 39.9 Å². The molecule has 0 saturated carbocycles. The van der Waals surface area contributed by atoms with Crippen molar-refractivity contribution in [3.63, 3.8) is 0 Å². The Morgan fingerprint density at radius 1 is 0.761 bits per heavy atom. The number of hydrogen-bond donors (Lipinski definition) is 7. The predicted molar refractivity (Wildman–Crippen MR) is 155 cm³/mol. The van der Waals surface area contributed by atoms with Crippen molar-refractivity contribution >= 4 is 11.0 Å². The smallest absolute Gasteiger partial charge is 0.229 e. The Kier molecular flexibility index (Phi) is 9.92. The summed E-state index contributed by atoms with van der Waals surface area (Å²) < 4.78 is 43.9. The van der Waals surface area contributed by atoms with Gasteiger partial charge >= 0.3 is 0 Å². The lowest BCUT2D eigenvalue weighted by Gasteiger charge is -2.42. The van der Waals surface area contributed by atoms with Crippen LogP contribution in [0, 0.1) is 0 Å². The molecular formula is C30H36O16. The van der Waals surface area contributed by atoms with Gasteiger partial charge in [-0.25, -0.2) is 0 Å². The zero-order valence-electron chi connectivity index (χ0n) is 25.2. The van der Waals surface area contributed by atoms with E-state index in [0.29, 0.717) is 17.1 Å². The van der Waals surface area contributed by atoms with E-state index in [2.05, 4.69) is 0 Å². The maximum absolute atomic E-state index is 13.5. The molecule has 10 atom stereocenters. The normalized spacial score (nSPS) is 31.4.